The van der Waals surface area contributed by atoms with Gasteiger partial charge in [0.25, 0.3) is 0 Å². The molecule has 3 aromatic carbocycles. The molecule has 5 heteroatoms. The van der Waals surface area contributed by atoms with E-state index in [1.807, 2.05) is 61.5 Å². The van der Waals surface area contributed by atoms with Gasteiger partial charge in [0.15, 0.2) is 0 Å². The van der Waals surface area contributed by atoms with Crippen LogP contribution in [0.15, 0.2) is 72.8 Å². The fraction of sp³-hybridized carbons (Fsp3) is 0.148. The Balaban J connectivity index is 1.77. The molecule has 3 nitrogen and oxygen atoms in total. The monoisotopic (exact) mass is 466 g/mol. The van der Waals surface area contributed by atoms with Crippen molar-refractivity contribution in [1.29, 1.82) is 0 Å². The number of ether oxygens (including phenoxy) is 2. The number of para-hydroxylation sites is 1. The molecule has 0 radical (unpaired) electrons. The number of carbonyl (C=O) groups is 1. The van der Waals surface area contributed by atoms with Gasteiger partial charge in [0.2, 0.25) is 0 Å². The highest BCUT2D eigenvalue weighted by Gasteiger charge is 2.10. The number of aryl methyl sites for hydroxylation is 1. The fourth-order valence-electron chi connectivity index (χ4n) is 3.24. The van der Waals surface area contributed by atoms with Crippen LogP contribution in [0.2, 0.25) is 10.0 Å². The molecule has 0 aliphatic carbocycles. The van der Waals surface area contributed by atoms with E-state index in [1.54, 1.807) is 18.2 Å². The molecular weight excluding hydrogens is 443 g/mol. The van der Waals surface area contributed by atoms with Gasteiger partial charge in [0, 0.05) is 27.2 Å². The van der Waals surface area contributed by atoms with Crippen molar-refractivity contribution >= 4 is 41.3 Å². The van der Waals surface area contributed by atoms with E-state index in [0.717, 1.165) is 33.6 Å². The molecular formula is C27H24Cl2O3. The summed E-state index contributed by atoms with van der Waals surface area (Å²) in [4.78, 5) is 11.4. The third kappa shape index (κ3) is 6.25. The van der Waals surface area contributed by atoms with Crippen molar-refractivity contribution in [3.05, 3.63) is 111 Å². The van der Waals surface area contributed by atoms with E-state index < -0.39 is 0 Å². The lowest BCUT2D eigenvalue weighted by molar-refractivity contribution is -0.134. The number of methoxy groups -OCH3 is 1. The van der Waals surface area contributed by atoms with E-state index in [-0.39, 0.29) is 12.6 Å². The van der Waals surface area contributed by atoms with Crippen molar-refractivity contribution < 1.29 is 14.3 Å². The fourth-order valence-corrected chi connectivity index (χ4v) is 3.75. The second-order valence-corrected chi connectivity index (χ2v) is 7.96. The Morgan fingerprint density at radius 3 is 2.34 bits per heavy atom. The summed E-state index contributed by atoms with van der Waals surface area (Å²) in [6, 6.07) is 19.4. The van der Waals surface area contributed by atoms with Crippen LogP contribution in [0.1, 0.15) is 27.8 Å². The third-order valence-corrected chi connectivity index (χ3v) is 5.66. The van der Waals surface area contributed by atoms with Crippen LogP contribution in [0.3, 0.4) is 0 Å². The number of rotatable bonds is 8. The summed E-state index contributed by atoms with van der Waals surface area (Å²) < 4.78 is 10.8. The highest BCUT2D eigenvalue weighted by atomic mass is 35.5. The largest absolute Gasteiger partial charge is 0.488 e. The Morgan fingerprint density at radius 2 is 1.59 bits per heavy atom. The average Bonchev–Trinajstić information content (AvgIpc) is 2.79. The molecule has 3 rings (SSSR count). The van der Waals surface area contributed by atoms with Gasteiger partial charge in [0.1, 0.15) is 12.4 Å². The van der Waals surface area contributed by atoms with Gasteiger partial charge >= 0.3 is 5.97 Å². The number of benzene rings is 3. The molecule has 0 spiro atoms. The van der Waals surface area contributed by atoms with E-state index in [4.69, 9.17) is 27.9 Å². The standard InChI is InChI=1S/C27H24Cl2O3/c1-19-8-5-12-22(27(19)32-18-23-24(28)14-7-15-25(23)29)13-6-11-20-9-3-4-10-21(20)16-17-26(30)31-2/h3-10,12-17H,11,18H2,1-2H3. The van der Waals surface area contributed by atoms with Crippen LogP contribution in [0.5, 0.6) is 5.75 Å². The minimum absolute atomic E-state index is 0.283. The molecule has 0 amide bonds. The first-order chi connectivity index (χ1) is 15.5. The number of hydrogen-bond acceptors (Lipinski definition) is 3. The van der Waals surface area contributed by atoms with Gasteiger partial charge in [-0.3, -0.25) is 0 Å². The van der Waals surface area contributed by atoms with Gasteiger partial charge < -0.3 is 9.47 Å². The lowest BCUT2D eigenvalue weighted by Gasteiger charge is -2.14. The molecule has 0 saturated carbocycles. The van der Waals surface area contributed by atoms with E-state index in [2.05, 4.69) is 10.8 Å². The number of allylic oxidation sites excluding steroid dienone is 1. The van der Waals surface area contributed by atoms with Gasteiger partial charge in [-0.25, -0.2) is 4.79 Å². The van der Waals surface area contributed by atoms with Gasteiger partial charge in [-0.2, -0.15) is 0 Å². The zero-order chi connectivity index (χ0) is 22.9. The van der Waals surface area contributed by atoms with E-state index in [0.29, 0.717) is 16.5 Å². The molecule has 0 aromatic heterocycles. The molecule has 0 atom stereocenters. The summed E-state index contributed by atoms with van der Waals surface area (Å²) in [7, 11) is 1.36. The van der Waals surface area contributed by atoms with Gasteiger partial charge in [-0.1, -0.05) is 83.9 Å². The Kier molecular flexibility index (Phi) is 8.55. The van der Waals surface area contributed by atoms with Gasteiger partial charge in [-0.05, 0) is 48.2 Å². The van der Waals surface area contributed by atoms with E-state index in [9.17, 15) is 4.79 Å². The third-order valence-electron chi connectivity index (χ3n) is 4.96. The summed E-state index contributed by atoms with van der Waals surface area (Å²) in [6.07, 6.45) is 8.01. The lowest BCUT2D eigenvalue weighted by Crippen LogP contribution is -2.00. The van der Waals surface area contributed by atoms with Crippen LogP contribution in [-0.2, 0) is 22.6 Å². The van der Waals surface area contributed by atoms with Crippen molar-refractivity contribution in [2.75, 3.05) is 7.11 Å². The molecule has 0 aliphatic heterocycles. The zero-order valence-corrected chi connectivity index (χ0v) is 19.5. The summed E-state index contributed by atoms with van der Waals surface area (Å²) in [5.74, 6) is 0.411. The summed E-state index contributed by atoms with van der Waals surface area (Å²) in [5.41, 5.74) is 4.83. The molecule has 0 heterocycles. The molecule has 0 aliphatic rings. The van der Waals surface area contributed by atoms with Crippen molar-refractivity contribution in [2.45, 2.75) is 20.0 Å². The van der Waals surface area contributed by atoms with Crippen LogP contribution in [0.4, 0.5) is 0 Å². The van der Waals surface area contributed by atoms with Crippen LogP contribution >= 0.6 is 23.2 Å². The highest BCUT2D eigenvalue weighted by molar-refractivity contribution is 6.35. The molecule has 0 fully saturated rings. The number of hydrogen-bond donors (Lipinski definition) is 0. The predicted molar refractivity (Wildman–Crippen MR) is 132 cm³/mol. The molecule has 32 heavy (non-hydrogen) atoms. The van der Waals surface area contributed by atoms with Crippen LogP contribution < -0.4 is 4.74 Å². The molecule has 0 bridgehead atoms. The number of halogens is 2. The van der Waals surface area contributed by atoms with Crippen LogP contribution in [-0.4, -0.2) is 13.1 Å². The summed E-state index contributed by atoms with van der Waals surface area (Å²) >= 11 is 12.6. The van der Waals surface area contributed by atoms with Crippen molar-refractivity contribution in [1.82, 2.24) is 0 Å². The maximum absolute atomic E-state index is 11.4. The average molecular weight is 467 g/mol. The minimum Gasteiger partial charge on any atom is -0.488 e. The van der Waals surface area contributed by atoms with E-state index in [1.165, 1.54) is 13.2 Å². The van der Waals surface area contributed by atoms with Gasteiger partial charge in [0.05, 0.1) is 7.11 Å². The first-order valence-corrected chi connectivity index (χ1v) is 10.9. The Labute approximate surface area is 198 Å². The summed E-state index contributed by atoms with van der Waals surface area (Å²) in [6.45, 7) is 2.29. The van der Waals surface area contributed by atoms with Crippen molar-refractivity contribution in [3.8, 4) is 5.75 Å². The molecule has 3 aromatic rings. The molecule has 0 N–H and O–H groups in total. The lowest BCUT2D eigenvalue weighted by atomic mass is 10.0. The predicted octanol–water partition coefficient (Wildman–Crippen LogP) is 7.32. The highest BCUT2D eigenvalue weighted by Crippen LogP contribution is 2.29. The molecule has 0 saturated heterocycles. The second kappa shape index (κ2) is 11.6. The van der Waals surface area contributed by atoms with Gasteiger partial charge in [-0.15, -0.1) is 0 Å². The molecule has 164 valence electrons. The maximum atomic E-state index is 11.4. The van der Waals surface area contributed by atoms with Crippen LogP contribution in [0.25, 0.3) is 12.2 Å². The molecule has 0 unspecified atom stereocenters. The van der Waals surface area contributed by atoms with Crippen LogP contribution in [0, 0.1) is 6.92 Å². The Morgan fingerprint density at radius 1 is 0.906 bits per heavy atom. The maximum Gasteiger partial charge on any atom is 0.330 e. The minimum atomic E-state index is -0.379. The Bertz CT molecular complexity index is 1130. The van der Waals surface area contributed by atoms with Crippen molar-refractivity contribution in [3.63, 3.8) is 0 Å². The zero-order valence-electron chi connectivity index (χ0n) is 18.0. The second-order valence-electron chi connectivity index (χ2n) is 7.14. The Hall–Kier alpha value is -3.01. The SMILES string of the molecule is COC(=O)C=Cc1ccccc1CC=Cc1cccc(C)c1OCc1c(Cl)cccc1Cl. The van der Waals surface area contributed by atoms with Crippen molar-refractivity contribution in [2.24, 2.45) is 0 Å². The normalized spacial score (nSPS) is 11.2. The first kappa shape index (κ1) is 23.6. The quantitative estimate of drug-likeness (QED) is 0.257. The number of esters is 1. The summed E-state index contributed by atoms with van der Waals surface area (Å²) in [5, 5.41) is 1.17. The smallest absolute Gasteiger partial charge is 0.330 e. The number of carbonyl (C=O) groups excluding carboxylic acids is 1. The topological polar surface area (TPSA) is 35.5 Å². The first-order valence-electron chi connectivity index (χ1n) is 10.2. The van der Waals surface area contributed by atoms with E-state index >= 15 is 0 Å².